The van der Waals surface area contributed by atoms with Gasteiger partial charge in [0.2, 0.25) is 5.82 Å². The zero-order valence-electron chi connectivity index (χ0n) is 12.5. The van der Waals surface area contributed by atoms with Gasteiger partial charge in [-0.2, -0.15) is 18.3 Å². The van der Waals surface area contributed by atoms with E-state index in [0.29, 0.717) is 11.1 Å². The predicted molar refractivity (Wildman–Crippen MR) is 84.6 cm³/mol. The molecule has 1 N–H and O–H groups in total. The first-order valence-electron chi connectivity index (χ1n) is 7.00. The Hall–Kier alpha value is -3.03. The van der Waals surface area contributed by atoms with Gasteiger partial charge in [-0.05, 0) is 31.2 Å². The number of nitrogens with one attached hydrogen (secondary N) is 1. The Kier molecular flexibility index (Phi) is 4.11. The van der Waals surface area contributed by atoms with E-state index in [2.05, 4.69) is 25.5 Å². The van der Waals surface area contributed by atoms with E-state index in [-0.39, 0.29) is 11.3 Å². The van der Waals surface area contributed by atoms with E-state index in [0.717, 1.165) is 5.56 Å². The second-order valence-electron chi connectivity index (χ2n) is 4.96. The number of pyridine rings is 1. The van der Waals surface area contributed by atoms with Gasteiger partial charge < -0.3 is 0 Å². The van der Waals surface area contributed by atoms with Crippen molar-refractivity contribution in [3.05, 3.63) is 60.2 Å². The minimum atomic E-state index is -4.63. The lowest BCUT2D eigenvalue weighted by Gasteiger charge is -2.10. The number of benzene rings is 1. The van der Waals surface area contributed by atoms with Gasteiger partial charge in [0.15, 0.2) is 5.82 Å². The van der Waals surface area contributed by atoms with Crippen molar-refractivity contribution < 1.29 is 13.2 Å². The third-order valence-corrected chi connectivity index (χ3v) is 3.28. The third-order valence-electron chi connectivity index (χ3n) is 3.28. The predicted octanol–water partition coefficient (Wildman–Crippen LogP) is 3.88. The average Bonchev–Trinajstić information content (AvgIpc) is 2.59. The molecule has 0 spiro atoms. The highest BCUT2D eigenvalue weighted by molar-refractivity contribution is 5.99. The summed E-state index contributed by atoms with van der Waals surface area (Å²) in [5.41, 5.74) is 4.20. The van der Waals surface area contributed by atoms with Crippen molar-refractivity contribution in [2.45, 2.75) is 13.1 Å². The summed E-state index contributed by atoms with van der Waals surface area (Å²) in [6.45, 7) is 1.73. The maximum Gasteiger partial charge on any atom is 0.451 e. The molecule has 0 radical (unpaired) electrons. The summed E-state index contributed by atoms with van der Waals surface area (Å²) in [7, 11) is 0. The maximum absolute atomic E-state index is 13.0. The lowest BCUT2D eigenvalue weighted by atomic mass is 10.2. The summed E-state index contributed by atoms with van der Waals surface area (Å²) in [5, 5.41) is 4.57. The van der Waals surface area contributed by atoms with Crippen LogP contribution in [0.1, 0.15) is 18.3 Å². The molecular formula is C16H12F3N5. The zero-order valence-corrected chi connectivity index (χ0v) is 12.5. The van der Waals surface area contributed by atoms with Crippen LogP contribution in [0, 0.1) is 0 Å². The number of hydrazone groups is 1. The summed E-state index contributed by atoms with van der Waals surface area (Å²) in [4.78, 5) is 11.0. The van der Waals surface area contributed by atoms with E-state index >= 15 is 0 Å². The number of para-hydroxylation sites is 1. The van der Waals surface area contributed by atoms with Gasteiger partial charge >= 0.3 is 6.18 Å². The molecule has 122 valence electrons. The molecule has 5 nitrogen and oxygen atoms in total. The Morgan fingerprint density at radius 3 is 2.46 bits per heavy atom. The van der Waals surface area contributed by atoms with E-state index in [1.165, 1.54) is 6.07 Å². The van der Waals surface area contributed by atoms with Crippen molar-refractivity contribution in [2.24, 2.45) is 5.10 Å². The van der Waals surface area contributed by atoms with Crippen LogP contribution in [0.3, 0.4) is 0 Å². The van der Waals surface area contributed by atoms with Crippen molar-refractivity contribution in [1.29, 1.82) is 0 Å². The molecule has 0 atom stereocenters. The number of hydrogen-bond donors (Lipinski definition) is 1. The van der Waals surface area contributed by atoms with E-state index in [9.17, 15) is 13.2 Å². The average molecular weight is 331 g/mol. The number of anilines is 1. The standard InChI is InChI=1S/C16H12F3N5/c1-10(11-6-8-20-9-7-11)23-24-14-12-4-2-3-5-13(12)21-15(22-14)16(17,18)19/h2-9H,1H3,(H,21,22,24)/b23-10-. The smallest absolute Gasteiger partial charge is 0.265 e. The second-order valence-corrected chi connectivity index (χ2v) is 4.96. The van der Waals surface area contributed by atoms with Gasteiger partial charge in [-0.1, -0.05) is 12.1 Å². The molecule has 0 bridgehead atoms. The summed E-state index contributed by atoms with van der Waals surface area (Å²) in [6, 6.07) is 9.94. The van der Waals surface area contributed by atoms with Crippen LogP contribution in [0.4, 0.5) is 19.0 Å². The topological polar surface area (TPSA) is 63.1 Å². The Morgan fingerprint density at radius 2 is 1.75 bits per heavy atom. The molecule has 3 aromatic rings. The highest BCUT2D eigenvalue weighted by Crippen LogP contribution is 2.30. The zero-order chi connectivity index (χ0) is 17.2. The van der Waals surface area contributed by atoms with Crippen LogP contribution in [-0.2, 0) is 6.18 Å². The minimum absolute atomic E-state index is 0.00123. The Labute approximate surface area is 135 Å². The molecule has 0 saturated carbocycles. The third kappa shape index (κ3) is 3.32. The Balaban J connectivity index is 2.02. The number of hydrogen-bond acceptors (Lipinski definition) is 5. The number of aromatic nitrogens is 3. The van der Waals surface area contributed by atoms with Gasteiger partial charge in [-0.15, -0.1) is 0 Å². The highest BCUT2D eigenvalue weighted by atomic mass is 19.4. The Morgan fingerprint density at radius 1 is 1.04 bits per heavy atom. The van der Waals surface area contributed by atoms with Gasteiger partial charge in [0, 0.05) is 23.3 Å². The van der Waals surface area contributed by atoms with Crippen LogP contribution in [0.2, 0.25) is 0 Å². The van der Waals surface area contributed by atoms with Gasteiger partial charge in [0.05, 0.1) is 11.2 Å². The summed E-state index contributed by atoms with van der Waals surface area (Å²) in [5.74, 6) is -1.21. The molecule has 0 unspecified atom stereocenters. The molecule has 2 heterocycles. The molecule has 0 aliphatic carbocycles. The van der Waals surface area contributed by atoms with Crippen LogP contribution < -0.4 is 5.43 Å². The molecule has 0 saturated heterocycles. The largest absolute Gasteiger partial charge is 0.451 e. The summed E-state index contributed by atoms with van der Waals surface area (Å²) in [6.07, 6.45) is -1.42. The fourth-order valence-corrected chi connectivity index (χ4v) is 2.08. The van der Waals surface area contributed by atoms with E-state index in [1.54, 1.807) is 49.6 Å². The van der Waals surface area contributed by atoms with Crippen LogP contribution in [0.25, 0.3) is 10.9 Å². The van der Waals surface area contributed by atoms with Gasteiger partial charge in [0.1, 0.15) is 0 Å². The number of alkyl halides is 3. The van der Waals surface area contributed by atoms with Crippen molar-refractivity contribution in [1.82, 2.24) is 15.0 Å². The maximum atomic E-state index is 13.0. The number of nitrogens with zero attached hydrogens (tertiary/aromatic N) is 4. The van der Waals surface area contributed by atoms with Crippen LogP contribution in [-0.4, -0.2) is 20.7 Å². The van der Waals surface area contributed by atoms with Crippen molar-refractivity contribution in [3.8, 4) is 0 Å². The number of rotatable bonds is 3. The number of halogens is 3. The molecule has 0 amide bonds. The molecule has 8 heteroatoms. The van der Waals surface area contributed by atoms with Crippen LogP contribution in [0.5, 0.6) is 0 Å². The van der Waals surface area contributed by atoms with Gasteiger partial charge in [0.25, 0.3) is 0 Å². The molecule has 1 aromatic carbocycles. The van der Waals surface area contributed by atoms with Crippen LogP contribution >= 0.6 is 0 Å². The lowest BCUT2D eigenvalue weighted by Crippen LogP contribution is -2.13. The highest BCUT2D eigenvalue weighted by Gasteiger charge is 2.35. The first-order valence-corrected chi connectivity index (χ1v) is 7.00. The van der Waals surface area contributed by atoms with Crippen LogP contribution in [0.15, 0.2) is 53.9 Å². The molecule has 0 fully saturated rings. The van der Waals surface area contributed by atoms with Crippen molar-refractivity contribution in [2.75, 3.05) is 5.43 Å². The van der Waals surface area contributed by atoms with Gasteiger partial charge in [-0.3, -0.25) is 10.4 Å². The first kappa shape index (κ1) is 15.9. The molecule has 0 aliphatic heterocycles. The normalized spacial score (nSPS) is 12.4. The van der Waals surface area contributed by atoms with E-state index in [1.807, 2.05) is 0 Å². The molecule has 2 aromatic heterocycles. The monoisotopic (exact) mass is 331 g/mol. The summed E-state index contributed by atoms with van der Waals surface area (Å²) >= 11 is 0. The Bertz CT molecular complexity index is 891. The quantitative estimate of drug-likeness (QED) is 0.584. The lowest BCUT2D eigenvalue weighted by molar-refractivity contribution is -0.144. The molecule has 3 rings (SSSR count). The molecule has 24 heavy (non-hydrogen) atoms. The SMILES string of the molecule is C/C(=N/Nc1nc(C(F)(F)F)nc2ccccc12)c1ccncc1. The second kappa shape index (κ2) is 6.23. The molecule has 0 aliphatic rings. The fourth-order valence-electron chi connectivity index (χ4n) is 2.08. The van der Waals surface area contributed by atoms with Gasteiger partial charge in [-0.25, -0.2) is 9.97 Å². The number of fused-ring (bicyclic) bond motifs is 1. The first-order chi connectivity index (χ1) is 11.4. The minimum Gasteiger partial charge on any atom is -0.265 e. The van der Waals surface area contributed by atoms with Crippen molar-refractivity contribution in [3.63, 3.8) is 0 Å². The summed E-state index contributed by atoms with van der Waals surface area (Å²) < 4.78 is 38.9. The van der Waals surface area contributed by atoms with E-state index in [4.69, 9.17) is 0 Å². The fraction of sp³-hybridized carbons (Fsp3) is 0.125. The molecular weight excluding hydrogens is 319 g/mol. The van der Waals surface area contributed by atoms with Crippen molar-refractivity contribution >= 4 is 22.4 Å². The van der Waals surface area contributed by atoms with E-state index < -0.39 is 12.0 Å².